The van der Waals surface area contributed by atoms with Crippen molar-refractivity contribution in [3.8, 4) is 0 Å². The van der Waals surface area contributed by atoms with Gasteiger partial charge < -0.3 is 5.32 Å². The number of nitrogens with one attached hydrogen (secondary N) is 1. The zero-order chi connectivity index (χ0) is 12.1. The molecule has 0 aliphatic carbocycles. The second-order valence-corrected chi connectivity index (χ2v) is 4.24. The standard InChI is InChI=1S/C13H23N3/c1-6-11-9-13(16(7-2)15-11)12(14-5)8-10(3)4/h8-9,12,14H,6-7H2,1-5H3. The maximum atomic E-state index is 4.57. The van der Waals surface area contributed by atoms with Crippen LogP contribution in [0.25, 0.3) is 0 Å². The third-order valence-corrected chi connectivity index (χ3v) is 2.65. The first-order chi connectivity index (χ1) is 7.62. The summed E-state index contributed by atoms with van der Waals surface area (Å²) in [5, 5.41) is 7.90. The first-order valence-electron chi connectivity index (χ1n) is 6.01. The Morgan fingerprint density at radius 1 is 1.50 bits per heavy atom. The van der Waals surface area contributed by atoms with Crippen LogP contribution in [0.15, 0.2) is 17.7 Å². The fraction of sp³-hybridized carbons (Fsp3) is 0.615. The topological polar surface area (TPSA) is 29.9 Å². The van der Waals surface area contributed by atoms with Crippen LogP contribution in [-0.2, 0) is 13.0 Å². The molecule has 1 heterocycles. The molecule has 0 bridgehead atoms. The minimum atomic E-state index is 0.262. The lowest BCUT2D eigenvalue weighted by Crippen LogP contribution is -2.18. The van der Waals surface area contributed by atoms with Gasteiger partial charge in [-0.15, -0.1) is 0 Å². The number of rotatable bonds is 5. The lowest BCUT2D eigenvalue weighted by Gasteiger charge is -2.14. The van der Waals surface area contributed by atoms with Crippen LogP contribution in [0.2, 0.25) is 0 Å². The minimum Gasteiger partial charge on any atom is -0.309 e. The van der Waals surface area contributed by atoms with Gasteiger partial charge in [0.05, 0.1) is 17.4 Å². The molecule has 1 N–H and O–H groups in total. The van der Waals surface area contributed by atoms with E-state index in [2.05, 4.69) is 54.9 Å². The zero-order valence-electron chi connectivity index (χ0n) is 11.0. The maximum absolute atomic E-state index is 4.57. The molecule has 1 aromatic rings. The summed E-state index contributed by atoms with van der Waals surface area (Å²) in [6.45, 7) is 9.44. The van der Waals surface area contributed by atoms with Crippen molar-refractivity contribution < 1.29 is 0 Å². The number of likely N-dealkylation sites (N-methyl/N-ethyl adjacent to an activating group) is 1. The fourth-order valence-corrected chi connectivity index (χ4v) is 1.81. The number of allylic oxidation sites excluding steroid dienone is 1. The molecule has 0 amide bonds. The molecule has 1 unspecified atom stereocenters. The van der Waals surface area contributed by atoms with Crippen LogP contribution < -0.4 is 5.32 Å². The van der Waals surface area contributed by atoms with Gasteiger partial charge in [-0.2, -0.15) is 5.10 Å². The molecule has 0 saturated heterocycles. The van der Waals surface area contributed by atoms with Crippen molar-refractivity contribution in [2.75, 3.05) is 7.05 Å². The van der Waals surface area contributed by atoms with Gasteiger partial charge >= 0.3 is 0 Å². The highest BCUT2D eigenvalue weighted by atomic mass is 15.3. The Kier molecular flexibility index (Phi) is 4.74. The minimum absolute atomic E-state index is 0.262. The Morgan fingerprint density at radius 3 is 2.62 bits per heavy atom. The molecule has 0 aliphatic rings. The number of hydrogen-bond acceptors (Lipinski definition) is 2. The van der Waals surface area contributed by atoms with E-state index in [9.17, 15) is 0 Å². The Hall–Kier alpha value is -1.09. The molecule has 90 valence electrons. The van der Waals surface area contributed by atoms with Crippen molar-refractivity contribution in [1.82, 2.24) is 15.1 Å². The molecule has 0 aliphatic heterocycles. The van der Waals surface area contributed by atoms with Crippen LogP contribution in [0.4, 0.5) is 0 Å². The molecular formula is C13H23N3. The largest absolute Gasteiger partial charge is 0.309 e. The molecular weight excluding hydrogens is 198 g/mol. The van der Waals surface area contributed by atoms with E-state index in [1.807, 2.05) is 7.05 Å². The van der Waals surface area contributed by atoms with E-state index >= 15 is 0 Å². The predicted octanol–water partition coefficient (Wildman–Crippen LogP) is 2.69. The van der Waals surface area contributed by atoms with Crippen LogP contribution in [0.3, 0.4) is 0 Å². The van der Waals surface area contributed by atoms with Gasteiger partial charge in [0.2, 0.25) is 0 Å². The number of hydrogen-bond donors (Lipinski definition) is 1. The summed E-state index contributed by atoms with van der Waals surface area (Å²) in [6, 6.07) is 2.46. The number of aryl methyl sites for hydroxylation is 2. The SMILES string of the molecule is CCc1cc(C(C=C(C)C)NC)n(CC)n1. The molecule has 3 nitrogen and oxygen atoms in total. The van der Waals surface area contributed by atoms with Crippen molar-refractivity contribution >= 4 is 0 Å². The van der Waals surface area contributed by atoms with Crippen molar-refractivity contribution in [2.24, 2.45) is 0 Å². The highest BCUT2D eigenvalue weighted by Crippen LogP contribution is 2.17. The Labute approximate surface area is 98.5 Å². The van der Waals surface area contributed by atoms with E-state index < -0.39 is 0 Å². The van der Waals surface area contributed by atoms with Gasteiger partial charge in [0.1, 0.15) is 0 Å². The van der Waals surface area contributed by atoms with Crippen LogP contribution >= 0.6 is 0 Å². The molecule has 1 rings (SSSR count). The predicted molar refractivity (Wildman–Crippen MR) is 68.5 cm³/mol. The average molecular weight is 221 g/mol. The van der Waals surface area contributed by atoms with Gasteiger partial charge in [0.25, 0.3) is 0 Å². The van der Waals surface area contributed by atoms with E-state index in [0.717, 1.165) is 13.0 Å². The molecule has 16 heavy (non-hydrogen) atoms. The van der Waals surface area contributed by atoms with Crippen LogP contribution in [0.5, 0.6) is 0 Å². The van der Waals surface area contributed by atoms with E-state index in [0.29, 0.717) is 0 Å². The van der Waals surface area contributed by atoms with Gasteiger partial charge in [-0.1, -0.05) is 18.6 Å². The number of aromatic nitrogens is 2. The maximum Gasteiger partial charge on any atom is 0.0678 e. The molecule has 0 saturated carbocycles. The average Bonchev–Trinajstić information content (AvgIpc) is 2.68. The van der Waals surface area contributed by atoms with Gasteiger partial charge in [0.15, 0.2) is 0 Å². The van der Waals surface area contributed by atoms with Crippen molar-refractivity contribution in [1.29, 1.82) is 0 Å². The highest BCUT2D eigenvalue weighted by molar-refractivity contribution is 5.20. The van der Waals surface area contributed by atoms with Gasteiger partial charge in [0, 0.05) is 6.54 Å². The van der Waals surface area contributed by atoms with Crippen LogP contribution in [-0.4, -0.2) is 16.8 Å². The fourth-order valence-electron chi connectivity index (χ4n) is 1.81. The summed E-state index contributed by atoms with van der Waals surface area (Å²) in [4.78, 5) is 0. The Balaban J connectivity index is 3.07. The summed E-state index contributed by atoms with van der Waals surface area (Å²) < 4.78 is 2.08. The molecule has 1 aromatic heterocycles. The summed E-state index contributed by atoms with van der Waals surface area (Å²) in [5.74, 6) is 0. The normalized spacial score (nSPS) is 12.6. The molecule has 0 spiro atoms. The Morgan fingerprint density at radius 2 is 2.19 bits per heavy atom. The van der Waals surface area contributed by atoms with Crippen LogP contribution in [0.1, 0.15) is 45.1 Å². The monoisotopic (exact) mass is 221 g/mol. The first kappa shape index (κ1) is 13.0. The van der Waals surface area contributed by atoms with E-state index in [-0.39, 0.29) is 6.04 Å². The lowest BCUT2D eigenvalue weighted by molar-refractivity contribution is 0.566. The van der Waals surface area contributed by atoms with E-state index in [1.54, 1.807) is 0 Å². The summed E-state index contributed by atoms with van der Waals surface area (Å²) in [6.07, 6.45) is 3.23. The van der Waals surface area contributed by atoms with Gasteiger partial charge in [-0.25, -0.2) is 0 Å². The smallest absolute Gasteiger partial charge is 0.0678 e. The zero-order valence-corrected chi connectivity index (χ0v) is 11.0. The Bertz CT molecular complexity index is 359. The second-order valence-electron chi connectivity index (χ2n) is 4.24. The molecule has 0 fully saturated rings. The quantitative estimate of drug-likeness (QED) is 0.775. The molecule has 0 radical (unpaired) electrons. The van der Waals surface area contributed by atoms with Gasteiger partial charge in [-0.05, 0) is 40.3 Å². The third-order valence-electron chi connectivity index (χ3n) is 2.65. The van der Waals surface area contributed by atoms with Crippen molar-refractivity contribution in [3.05, 3.63) is 29.1 Å². The van der Waals surface area contributed by atoms with Crippen LogP contribution in [0, 0.1) is 0 Å². The second kappa shape index (κ2) is 5.85. The van der Waals surface area contributed by atoms with E-state index in [1.165, 1.54) is 17.0 Å². The van der Waals surface area contributed by atoms with Crippen molar-refractivity contribution in [2.45, 2.75) is 46.7 Å². The lowest BCUT2D eigenvalue weighted by atomic mass is 10.1. The molecule has 1 atom stereocenters. The number of nitrogens with zero attached hydrogens (tertiary/aromatic N) is 2. The summed E-state index contributed by atoms with van der Waals surface area (Å²) in [7, 11) is 1.99. The van der Waals surface area contributed by atoms with Gasteiger partial charge in [-0.3, -0.25) is 4.68 Å². The van der Waals surface area contributed by atoms with Crippen molar-refractivity contribution in [3.63, 3.8) is 0 Å². The third kappa shape index (κ3) is 2.95. The molecule has 0 aromatic carbocycles. The molecule has 3 heteroatoms. The highest BCUT2D eigenvalue weighted by Gasteiger charge is 2.13. The first-order valence-corrected chi connectivity index (χ1v) is 6.01. The summed E-state index contributed by atoms with van der Waals surface area (Å²) >= 11 is 0. The summed E-state index contributed by atoms with van der Waals surface area (Å²) in [5.41, 5.74) is 3.74. The van der Waals surface area contributed by atoms with E-state index in [4.69, 9.17) is 0 Å².